The number of nitrogens with one attached hydrogen (secondary N) is 3. The number of carbonyl (C=O) groups excluding carboxylic acids is 4. The highest BCUT2D eigenvalue weighted by molar-refractivity contribution is 5.94. The van der Waals surface area contributed by atoms with Crippen LogP contribution in [-0.2, 0) is 19.2 Å². The zero-order valence-corrected chi connectivity index (χ0v) is 21.0. The molecule has 0 aromatic heterocycles. The summed E-state index contributed by atoms with van der Waals surface area (Å²) < 4.78 is 79.4. The molecular weight excluding hydrogens is 524 g/mol. The van der Waals surface area contributed by atoms with E-state index in [0.29, 0.717) is 4.90 Å². The van der Waals surface area contributed by atoms with Crippen LogP contribution < -0.4 is 16.0 Å². The summed E-state index contributed by atoms with van der Waals surface area (Å²) in [5.74, 6) is -7.72. The Morgan fingerprint density at radius 2 is 1.74 bits per heavy atom. The second-order valence-electron chi connectivity index (χ2n) is 11.3. The first-order chi connectivity index (χ1) is 17.3. The number of likely N-dealkylation sites (tertiary alicyclic amines) is 1. The van der Waals surface area contributed by atoms with Gasteiger partial charge < -0.3 is 20.9 Å². The fourth-order valence-electron chi connectivity index (χ4n) is 5.31. The Labute approximate surface area is 214 Å². The summed E-state index contributed by atoms with van der Waals surface area (Å²) in [4.78, 5) is 50.6. The van der Waals surface area contributed by atoms with Gasteiger partial charge in [-0.05, 0) is 30.1 Å². The van der Waals surface area contributed by atoms with Gasteiger partial charge in [-0.1, -0.05) is 27.7 Å². The van der Waals surface area contributed by atoms with Gasteiger partial charge in [0.05, 0.1) is 12.0 Å². The Morgan fingerprint density at radius 3 is 2.21 bits per heavy atom. The van der Waals surface area contributed by atoms with Gasteiger partial charge in [-0.3, -0.25) is 19.2 Å². The molecule has 1 aliphatic carbocycles. The molecule has 3 N–H and O–H groups in total. The van der Waals surface area contributed by atoms with Gasteiger partial charge in [0, 0.05) is 18.5 Å². The Balaban J connectivity index is 1.81. The van der Waals surface area contributed by atoms with E-state index in [2.05, 4.69) is 10.6 Å². The van der Waals surface area contributed by atoms with Crippen molar-refractivity contribution in [2.24, 2.45) is 29.1 Å². The van der Waals surface area contributed by atoms with Gasteiger partial charge in [0.15, 0.2) is 0 Å². The minimum absolute atomic E-state index is 0.0285. The first-order valence-corrected chi connectivity index (χ1v) is 12.0. The normalized spacial score (nSPS) is 30.6. The maximum Gasteiger partial charge on any atom is 0.471 e. The summed E-state index contributed by atoms with van der Waals surface area (Å²) in [5.41, 5.74) is -1.36. The summed E-state index contributed by atoms with van der Waals surface area (Å²) >= 11 is 0. The quantitative estimate of drug-likeness (QED) is 0.431. The van der Waals surface area contributed by atoms with Crippen molar-refractivity contribution < 1.29 is 45.5 Å². The molecule has 3 aliphatic rings. The van der Waals surface area contributed by atoms with Gasteiger partial charge >= 0.3 is 18.3 Å². The molecule has 3 fully saturated rings. The molecule has 0 radical (unpaired) electrons. The Morgan fingerprint density at radius 1 is 1.13 bits per heavy atom. The van der Waals surface area contributed by atoms with Crippen molar-refractivity contribution >= 4 is 23.6 Å². The number of rotatable bonds is 6. The molecule has 1 saturated carbocycles. The molecule has 38 heavy (non-hydrogen) atoms. The molecule has 4 amide bonds. The second kappa shape index (κ2) is 9.92. The highest BCUT2D eigenvalue weighted by Crippen LogP contribution is 2.50. The fraction of sp³-hybridized carbons (Fsp3) is 0.783. The highest BCUT2D eigenvalue weighted by Gasteiger charge is 2.60. The molecule has 9 nitrogen and oxygen atoms in total. The number of nitriles is 1. The lowest BCUT2D eigenvalue weighted by Crippen LogP contribution is -2.59. The number of hydrogen-bond acceptors (Lipinski definition) is 5. The van der Waals surface area contributed by atoms with Crippen LogP contribution in [0.15, 0.2) is 0 Å². The SMILES string of the molecule is C[C@@H]1[C@@H]2NC(=O)[C@H](C[C@@H](C#N)NC(=O)[C@@H]3C[C@@H](C(F)(F)F)CN3C(=O)[C@@H](NC(=O)C(F)(F)F)C(C)(C)C)[C@H]12. The van der Waals surface area contributed by atoms with Gasteiger partial charge in [0.2, 0.25) is 17.7 Å². The molecule has 212 valence electrons. The second-order valence-corrected chi connectivity index (χ2v) is 11.3. The molecule has 3 rings (SSSR count). The molecule has 8 atom stereocenters. The monoisotopic (exact) mass is 553 g/mol. The third-order valence-electron chi connectivity index (χ3n) is 7.52. The minimum atomic E-state index is -5.36. The molecule has 0 bridgehead atoms. The van der Waals surface area contributed by atoms with Crippen molar-refractivity contribution in [1.29, 1.82) is 5.26 Å². The maximum absolute atomic E-state index is 13.6. The van der Waals surface area contributed by atoms with Crippen LogP contribution in [0.1, 0.15) is 40.5 Å². The lowest BCUT2D eigenvalue weighted by molar-refractivity contribution is -0.176. The van der Waals surface area contributed by atoms with E-state index in [-0.39, 0.29) is 30.2 Å². The highest BCUT2D eigenvalue weighted by atomic mass is 19.4. The molecule has 0 aromatic carbocycles. The van der Waals surface area contributed by atoms with Crippen LogP contribution in [0.25, 0.3) is 0 Å². The third kappa shape index (κ3) is 5.99. The number of nitrogens with zero attached hydrogens (tertiary/aromatic N) is 2. The largest absolute Gasteiger partial charge is 0.471 e. The van der Waals surface area contributed by atoms with Gasteiger partial charge in [0.1, 0.15) is 18.1 Å². The Bertz CT molecular complexity index is 1030. The zero-order chi connectivity index (χ0) is 29.0. The van der Waals surface area contributed by atoms with E-state index < -0.39 is 78.4 Å². The van der Waals surface area contributed by atoms with Crippen molar-refractivity contribution in [3.8, 4) is 6.07 Å². The average Bonchev–Trinajstić information content (AvgIpc) is 3.13. The number of amides is 4. The number of halogens is 6. The molecule has 0 spiro atoms. The van der Waals surface area contributed by atoms with E-state index in [9.17, 15) is 50.8 Å². The standard InChI is InChI=1S/C23H29F6N5O4/c1-9-14-12(17(35)32-15(9)14)6-11(7-30)31-18(36)13-5-10(22(24,25)26)8-34(13)19(37)16(21(2,3)4)33-20(38)23(27,28)29/h9-16H,5-6,8H2,1-4H3,(H,31,36)(H,32,35)(H,33,38)/t9-,10+,11-,12+,13-,14-,15-,16+/m0/s1. The van der Waals surface area contributed by atoms with Crippen molar-refractivity contribution in [2.75, 3.05) is 6.54 Å². The molecular formula is C23H29F6N5O4. The Kier molecular flexibility index (Phi) is 7.70. The van der Waals surface area contributed by atoms with E-state index in [1.54, 1.807) is 5.32 Å². The van der Waals surface area contributed by atoms with E-state index in [4.69, 9.17) is 0 Å². The number of hydrogen-bond donors (Lipinski definition) is 3. The molecule has 2 saturated heterocycles. The van der Waals surface area contributed by atoms with Crippen LogP contribution in [0.2, 0.25) is 0 Å². The van der Waals surface area contributed by atoms with Crippen molar-refractivity contribution in [2.45, 2.75) is 77.1 Å². The minimum Gasteiger partial charge on any atom is -0.353 e. The average molecular weight is 554 g/mol. The van der Waals surface area contributed by atoms with Gasteiger partial charge in [-0.25, -0.2) is 0 Å². The molecule has 0 aromatic rings. The lowest BCUT2D eigenvalue weighted by Gasteiger charge is -2.35. The first kappa shape index (κ1) is 29.5. The van der Waals surface area contributed by atoms with E-state index in [0.717, 1.165) is 0 Å². The van der Waals surface area contributed by atoms with Gasteiger partial charge in [-0.15, -0.1) is 0 Å². The number of carbonyl (C=O) groups is 4. The van der Waals surface area contributed by atoms with E-state index in [1.165, 1.54) is 20.8 Å². The smallest absolute Gasteiger partial charge is 0.353 e. The predicted molar refractivity (Wildman–Crippen MR) is 117 cm³/mol. The maximum atomic E-state index is 13.6. The first-order valence-electron chi connectivity index (χ1n) is 12.0. The van der Waals surface area contributed by atoms with Crippen LogP contribution in [0.4, 0.5) is 26.3 Å². The fourth-order valence-corrected chi connectivity index (χ4v) is 5.31. The van der Waals surface area contributed by atoms with Crippen molar-refractivity contribution in [3.63, 3.8) is 0 Å². The molecule has 0 unspecified atom stereocenters. The predicted octanol–water partition coefficient (Wildman–Crippen LogP) is 1.64. The lowest BCUT2D eigenvalue weighted by atomic mass is 9.85. The number of fused-ring (bicyclic) bond motifs is 1. The van der Waals surface area contributed by atoms with E-state index in [1.807, 2.05) is 13.0 Å². The molecule has 2 aliphatic heterocycles. The number of alkyl halides is 6. The third-order valence-corrected chi connectivity index (χ3v) is 7.52. The Hall–Kier alpha value is -3.05. The molecule has 2 heterocycles. The van der Waals surface area contributed by atoms with Gasteiger partial charge in [0.25, 0.3) is 0 Å². The summed E-state index contributed by atoms with van der Waals surface area (Å²) in [5, 5.41) is 16.2. The molecule has 15 heteroatoms. The van der Waals surface area contributed by atoms with Crippen LogP contribution >= 0.6 is 0 Å². The summed E-state index contributed by atoms with van der Waals surface area (Å²) in [6.07, 6.45) is -11.2. The summed E-state index contributed by atoms with van der Waals surface area (Å²) in [7, 11) is 0. The zero-order valence-electron chi connectivity index (χ0n) is 21.0. The van der Waals surface area contributed by atoms with E-state index >= 15 is 0 Å². The number of piperidine rings is 1. The van der Waals surface area contributed by atoms with Crippen LogP contribution in [-0.4, -0.2) is 71.6 Å². The topological polar surface area (TPSA) is 131 Å². The van der Waals surface area contributed by atoms with Crippen LogP contribution in [0.3, 0.4) is 0 Å². The summed E-state index contributed by atoms with van der Waals surface area (Å²) in [6, 6.07) is -3.13. The van der Waals surface area contributed by atoms with Crippen LogP contribution in [0, 0.1) is 40.4 Å². The van der Waals surface area contributed by atoms with Gasteiger partial charge in [-0.2, -0.15) is 31.6 Å². The van der Waals surface area contributed by atoms with Crippen LogP contribution in [0.5, 0.6) is 0 Å². The summed E-state index contributed by atoms with van der Waals surface area (Å²) in [6.45, 7) is 4.82. The van der Waals surface area contributed by atoms with Crippen molar-refractivity contribution in [1.82, 2.24) is 20.9 Å². The van der Waals surface area contributed by atoms with Crippen molar-refractivity contribution in [3.05, 3.63) is 0 Å².